The zero-order chi connectivity index (χ0) is 10.5. The molecule has 0 aromatic carbocycles. The summed E-state index contributed by atoms with van der Waals surface area (Å²) < 4.78 is 0. The van der Waals surface area contributed by atoms with Gasteiger partial charge in [0.2, 0.25) is 0 Å². The molecule has 0 unspecified atom stereocenters. The Morgan fingerprint density at radius 1 is 0.933 bits per heavy atom. The zero-order valence-corrected chi connectivity index (χ0v) is 10.5. The lowest BCUT2D eigenvalue weighted by atomic mass is 10.3. The van der Waals surface area contributed by atoms with Gasteiger partial charge in [-0.2, -0.15) is 0 Å². The topological polar surface area (TPSA) is 6.48 Å². The summed E-state index contributed by atoms with van der Waals surface area (Å²) in [7, 11) is 3.52. The van der Waals surface area contributed by atoms with E-state index in [9.17, 15) is 0 Å². The molecule has 2 nitrogen and oxygen atoms in total. The zero-order valence-electron chi connectivity index (χ0n) is 9.49. The van der Waals surface area contributed by atoms with Gasteiger partial charge in [0.1, 0.15) is 0 Å². The summed E-state index contributed by atoms with van der Waals surface area (Å²) >= 11 is 0. The van der Waals surface area contributed by atoms with Crippen molar-refractivity contribution in [2.24, 2.45) is 0 Å². The second-order valence-corrected chi connectivity index (χ2v) is 4.94. The van der Waals surface area contributed by atoms with Gasteiger partial charge in [0.05, 0.1) is 6.17 Å². The first-order chi connectivity index (χ1) is 7.42. The molecule has 2 rings (SSSR count). The SMILES string of the molecule is [Si]CC=CC(N1CCCC1)N1CCCC1. The Bertz CT molecular complexity index is 190. The Hall–Kier alpha value is -0.123. The largest absolute Gasteiger partial charge is 0.285 e. The summed E-state index contributed by atoms with van der Waals surface area (Å²) in [6, 6.07) is 0.970. The second kappa shape index (κ2) is 5.82. The van der Waals surface area contributed by atoms with Crippen LogP contribution in [0.2, 0.25) is 6.04 Å². The fraction of sp³-hybridized carbons (Fsp3) is 0.833. The third-order valence-electron chi connectivity index (χ3n) is 3.46. The van der Waals surface area contributed by atoms with Gasteiger partial charge in [0, 0.05) is 10.2 Å². The molecular weight excluding hydrogens is 200 g/mol. The Morgan fingerprint density at radius 2 is 1.40 bits per heavy atom. The maximum atomic E-state index is 3.52. The van der Waals surface area contributed by atoms with Crippen LogP contribution in [0.25, 0.3) is 0 Å². The van der Waals surface area contributed by atoms with Crippen LogP contribution in [0, 0.1) is 0 Å². The van der Waals surface area contributed by atoms with Crippen LogP contribution in [0.15, 0.2) is 12.2 Å². The molecule has 0 aromatic heterocycles. The number of likely N-dealkylation sites (tertiary alicyclic amines) is 2. The number of hydrogen-bond acceptors (Lipinski definition) is 2. The van der Waals surface area contributed by atoms with E-state index in [-0.39, 0.29) is 0 Å². The lowest BCUT2D eigenvalue weighted by molar-refractivity contribution is 0.118. The molecule has 0 amide bonds. The number of allylic oxidation sites excluding steroid dienone is 1. The van der Waals surface area contributed by atoms with Crippen molar-refractivity contribution in [1.82, 2.24) is 9.80 Å². The fourth-order valence-corrected chi connectivity index (χ4v) is 2.81. The molecule has 2 fully saturated rings. The highest BCUT2D eigenvalue weighted by atomic mass is 28.1. The third kappa shape index (κ3) is 2.92. The molecule has 0 bridgehead atoms. The smallest absolute Gasteiger partial charge is 0.0814 e. The molecule has 2 aliphatic rings. The molecule has 3 radical (unpaired) electrons. The Morgan fingerprint density at radius 3 is 1.80 bits per heavy atom. The second-order valence-electron chi connectivity index (χ2n) is 4.53. The van der Waals surface area contributed by atoms with Crippen molar-refractivity contribution in [3.8, 4) is 0 Å². The Labute approximate surface area is 96.7 Å². The van der Waals surface area contributed by atoms with Gasteiger partial charge in [-0.25, -0.2) is 0 Å². The van der Waals surface area contributed by atoms with Crippen LogP contribution < -0.4 is 0 Å². The van der Waals surface area contributed by atoms with Crippen LogP contribution in [0.4, 0.5) is 0 Å². The number of rotatable bonds is 4. The maximum Gasteiger partial charge on any atom is 0.0814 e. The van der Waals surface area contributed by atoms with Crippen molar-refractivity contribution >= 4 is 10.2 Å². The third-order valence-corrected chi connectivity index (χ3v) is 3.69. The molecular formula is C12H21N2Si. The Kier molecular flexibility index (Phi) is 4.41. The quantitative estimate of drug-likeness (QED) is 0.526. The van der Waals surface area contributed by atoms with Crippen molar-refractivity contribution in [2.75, 3.05) is 26.2 Å². The molecule has 0 aromatic rings. The van der Waals surface area contributed by atoms with Gasteiger partial charge >= 0.3 is 0 Å². The van der Waals surface area contributed by atoms with Crippen molar-refractivity contribution < 1.29 is 0 Å². The predicted molar refractivity (Wildman–Crippen MR) is 65.1 cm³/mol. The summed E-state index contributed by atoms with van der Waals surface area (Å²) in [5.74, 6) is 0. The molecule has 2 heterocycles. The summed E-state index contributed by atoms with van der Waals surface area (Å²) in [6.07, 6.45) is 10.7. The van der Waals surface area contributed by atoms with Gasteiger partial charge in [-0.1, -0.05) is 12.2 Å². The van der Waals surface area contributed by atoms with E-state index in [0.29, 0.717) is 6.17 Å². The summed E-state index contributed by atoms with van der Waals surface area (Å²) in [5, 5.41) is 0. The van der Waals surface area contributed by atoms with E-state index in [4.69, 9.17) is 0 Å². The number of hydrogen-bond donors (Lipinski definition) is 0. The van der Waals surface area contributed by atoms with Gasteiger partial charge in [-0.05, 0) is 57.9 Å². The minimum absolute atomic E-state index is 0.575. The molecule has 0 N–H and O–H groups in total. The van der Waals surface area contributed by atoms with Crippen molar-refractivity contribution in [2.45, 2.75) is 37.9 Å². The van der Waals surface area contributed by atoms with Gasteiger partial charge in [0.25, 0.3) is 0 Å². The highest BCUT2D eigenvalue weighted by molar-refractivity contribution is 6.09. The van der Waals surface area contributed by atoms with Crippen LogP contribution in [0.3, 0.4) is 0 Å². The van der Waals surface area contributed by atoms with E-state index in [0.717, 1.165) is 6.04 Å². The lowest BCUT2D eigenvalue weighted by Crippen LogP contribution is -2.44. The summed E-state index contributed by atoms with van der Waals surface area (Å²) in [5.41, 5.74) is 0. The van der Waals surface area contributed by atoms with Gasteiger partial charge in [0.15, 0.2) is 0 Å². The minimum atomic E-state index is 0.575. The molecule has 2 aliphatic heterocycles. The first-order valence-corrected chi connectivity index (χ1v) is 6.92. The normalized spacial score (nSPS) is 24.9. The first-order valence-electron chi connectivity index (χ1n) is 6.21. The molecule has 15 heavy (non-hydrogen) atoms. The standard InChI is InChI=1S/C12H21N2Si/c15-11-5-6-12(13-7-1-2-8-13)14-9-3-4-10-14/h5-6,12H,1-4,7-11H2. The average Bonchev–Trinajstić information content (AvgIpc) is 2.90. The van der Waals surface area contributed by atoms with E-state index in [1.165, 1.54) is 51.9 Å². The predicted octanol–water partition coefficient (Wildman–Crippen LogP) is 1.65. The van der Waals surface area contributed by atoms with Crippen molar-refractivity contribution in [3.05, 3.63) is 12.2 Å². The van der Waals surface area contributed by atoms with E-state index in [2.05, 4.69) is 32.2 Å². The highest BCUT2D eigenvalue weighted by Crippen LogP contribution is 2.20. The molecule has 0 aliphatic carbocycles. The molecule has 0 atom stereocenters. The van der Waals surface area contributed by atoms with Gasteiger partial charge < -0.3 is 0 Å². The molecule has 0 saturated carbocycles. The van der Waals surface area contributed by atoms with Gasteiger partial charge in [-0.3, -0.25) is 9.80 Å². The lowest BCUT2D eigenvalue weighted by Gasteiger charge is -2.32. The highest BCUT2D eigenvalue weighted by Gasteiger charge is 2.26. The van der Waals surface area contributed by atoms with Crippen LogP contribution in [-0.4, -0.2) is 52.4 Å². The number of nitrogens with zero attached hydrogens (tertiary/aromatic N) is 2. The minimum Gasteiger partial charge on any atom is -0.285 e. The van der Waals surface area contributed by atoms with Crippen LogP contribution in [0.5, 0.6) is 0 Å². The first kappa shape index (κ1) is 11.4. The van der Waals surface area contributed by atoms with Crippen molar-refractivity contribution in [1.29, 1.82) is 0 Å². The average molecular weight is 221 g/mol. The Balaban J connectivity index is 1.97. The van der Waals surface area contributed by atoms with Crippen molar-refractivity contribution in [3.63, 3.8) is 0 Å². The van der Waals surface area contributed by atoms with Crippen LogP contribution in [-0.2, 0) is 0 Å². The van der Waals surface area contributed by atoms with Crippen LogP contribution in [0.1, 0.15) is 25.7 Å². The summed E-state index contributed by atoms with van der Waals surface area (Å²) in [6.45, 7) is 5.14. The van der Waals surface area contributed by atoms with E-state index in [1.807, 2.05) is 0 Å². The molecule has 83 valence electrons. The molecule has 2 saturated heterocycles. The van der Waals surface area contributed by atoms with E-state index in [1.54, 1.807) is 0 Å². The van der Waals surface area contributed by atoms with E-state index >= 15 is 0 Å². The molecule has 0 spiro atoms. The van der Waals surface area contributed by atoms with Gasteiger partial charge in [-0.15, -0.1) is 0 Å². The molecule has 3 heteroatoms. The van der Waals surface area contributed by atoms with Crippen LogP contribution >= 0.6 is 0 Å². The fourth-order valence-electron chi connectivity index (χ4n) is 2.68. The monoisotopic (exact) mass is 221 g/mol. The summed E-state index contributed by atoms with van der Waals surface area (Å²) in [4.78, 5) is 5.26. The maximum absolute atomic E-state index is 3.52. The van der Waals surface area contributed by atoms with E-state index < -0.39 is 0 Å².